The summed E-state index contributed by atoms with van der Waals surface area (Å²) in [7, 11) is 0. The highest BCUT2D eigenvalue weighted by atomic mass is 35.5. The number of nitrogens with zero attached hydrogens (tertiary/aromatic N) is 1. The summed E-state index contributed by atoms with van der Waals surface area (Å²) in [4.78, 5) is 10.2. The van der Waals surface area contributed by atoms with Crippen LogP contribution in [0.5, 0.6) is 5.75 Å². The van der Waals surface area contributed by atoms with Gasteiger partial charge in [-0.2, -0.15) is 0 Å². The van der Waals surface area contributed by atoms with E-state index in [-0.39, 0.29) is 35.3 Å². The van der Waals surface area contributed by atoms with Crippen molar-refractivity contribution in [2.45, 2.75) is 37.8 Å². The van der Waals surface area contributed by atoms with Crippen molar-refractivity contribution in [3.63, 3.8) is 0 Å². The lowest BCUT2D eigenvalue weighted by Gasteiger charge is -2.25. The highest BCUT2D eigenvalue weighted by Gasteiger charge is 2.30. The van der Waals surface area contributed by atoms with Crippen LogP contribution < -0.4 is 5.73 Å². The Morgan fingerprint density at radius 2 is 1.95 bits per heavy atom. The summed E-state index contributed by atoms with van der Waals surface area (Å²) in [5.41, 5.74) is 6.05. The average molecular weight is 303 g/mol. The second-order valence-corrected chi connectivity index (χ2v) is 5.06. The van der Waals surface area contributed by atoms with E-state index in [4.69, 9.17) is 5.73 Å². The largest absolute Gasteiger partial charge is 0.508 e. The zero-order chi connectivity index (χ0) is 14.0. The van der Waals surface area contributed by atoms with Crippen LogP contribution in [-0.4, -0.2) is 21.2 Å². The van der Waals surface area contributed by atoms with Gasteiger partial charge in [-0.1, -0.05) is 12.8 Å². The number of aliphatic hydroxyl groups excluding tert-OH is 1. The third-order valence-electron chi connectivity index (χ3n) is 3.83. The second-order valence-electron chi connectivity index (χ2n) is 5.06. The molecule has 0 bridgehead atoms. The Morgan fingerprint density at radius 3 is 2.50 bits per heavy atom. The molecule has 2 atom stereocenters. The number of benzene rings is 1. The molecule has 2 rings (SSSR count). The van der Waals surface area contributed by atoms with Gasteiger partial charge in [0.25, 0.3) is 5.69 Å². The van der Waals surface area contributed by atoms with E-state index in [1.807, 2.05) is 0 Å². The van der Waals surface area contributed by atoms with Crippen molar-refractivity contribution < 1.29 is 15.1 Å². The molecular formula is C13H19ClN2O4. The Bertz CT molecular complexity index is 477. The van der Waals surface area contributed by atoms with Gasteiger partial charge in [-0.05, 0) is 24.8 Å². The maximum Gasteiger partial charge on any atom is 0.270 e. The molecule has 0 amide bonds. The first-order valence-electron chi connectivity index (χ1n) is 6.41. The molecule has 0 unspecified atom stereocenters. The van der Waals surface area contributed by atoms with Crippen LogP contribution in [0.15, 0.2) is 18.2 Å². The molecule has 1 aromatic rings. The molecule has 0 heterocycles. The molecule has 1 saturated carbocycles. The predicted molar refractivity (Wildman–Crippen MR) is 76.9 cm³/mol. The van der Waals surface area contributed by atoms with Crippen LogP contribution in [-0.2, 0) is 0 Å². The van der Waals surface area contributed by atoms with Gasteiger partial charge in [0.2, 0.25) is 0 Å². The number of aromatic hydroxyl groups is 1. The van der Waals surface area contributed by atoms with Gasteiger partial charge in [0.1, 0.15) is 5.75 Å². The number of aliphatic hydroxyl groups is 1. The Labute approximate surface area is 123 Å². The predicted octanol–water partition coefficient (Wildman–Crippen LogP) is 2.27. The third kappa shape index (κ3) is 3.39. The molecule has 6 nitrogen and oxygen atoms in total. The molecule has 0 saturated heterocycles. The van der Waals surface area contributed by atoms with Gasteiger partial charge >= 0.3 is 0 Å². The van der Waals surface area contributed by atoms with Gasteiger partial charge < -0.3 is 15.9 Å². The van der Waals surface area contributed by atoms with Crippen LogP contribution in [0, 0.1) is 16.0 Å². The number of hydrogen-bond donors (Lipinski definition) is 3. The van der Waals surface area contributed by atoms with Crippen molar-refractivity contribution in [2.24, 2.45) is 11.7 Å². The fourth-order valence-corrected chi connectivity index (χ4v) is 2.70. The van der Waals surface area contributed by atoms with Crippen LogP contribution in [0.1, 0.15) is 37.3 Å². The van der Waals surface area contributed by atoms with Crippen molar-refractivity contribution in [3.05, 3.63) is 33.9 Å². The van der Waals surface area contributed by atoms with Gasteiger partial charge in [0.05, 0.1) is 17.1 Å². The van der Waals surface area contributed by atoms with E-state index in [1.165, 1.54) is 18.2 Å². The summed E-state index contributed by atoms with van der Waals surface area (Å²) < 4.78 is 0. The summed E-state index contributed by atoms with van der Waals surface area (Å²) in [6, 6.07) is 2.89. The van der Waals surface area contributed by atoms with Gasteiger partial charge in [0, 0.05) is 17.7 Å². The summed E-state index contributed by atoms with van der Waals surface area (Å²) in [5, 5.41) is 30.7. The van der Waals surface area contributed by atoms with Gasteiger partial charge in [0.15, 0.2) is 0 Å². The number of halogens is 1. The second kappa shape index (κ2) is 6.88. The number of rotatable bonds is 4. The Morgan fingerprint density at radius 1 is 1.35 bits per heavy atom. The van der Waals surface area contributed by atoms with E-state index in [0.29, 0.717) is 0 Å². The lowest BCUT2D eigenvalue weighted by Crippen LogP contribution is -2.32. The van der Waals surface area contributed by atoms with Crippen molar-refractivity contribution in [2.75, 3.05) is 0 Å². The first-order valence-corrected chi connectivity index (χ1v) is 6.41. The molecule has 1 fully saturated rings. The Balaban J connectivity index is 0.00000200. The Hall–Kier alpha value is -1.37. The van der Waals surface area contributed by atoms with Crippen LogP contribution in [0.3, 0.4) is 0 Å². The fraction of sp³-hybridized carbons (Fsp3) is 0.538. The minimum Gasteiger partial charge on any atom is -0.508 e. The number of phenolic OH excluding ortho intramolecular Hbond substituents is 1. The third-order valence-corrected chi connectivity index (χ3v) is 3.83. The van der Waals surface area contributed by atoms with Crippen LogP contribution in [0.2, 0.25) is 0 Å². The van der Waals surface area contributed by atoms with Gasteiger partial charge in [-0.25, -0.2) is 0 Å². The first kappa shape index (κ1) is 16.7. The standard InChI is InChI=1S/C13H18N2O4.ClH/c14-12(13(17)8-3-1-2-4-8)10-7-9(15(18)19)5-6-11(10)16;/h5-8,12-13,16-17H,1-4,14H2;1H/t12-,13+;/m0./s1. The summed E-state index contributed by atoms with van der Waals surface area (Å²) >= 11 is 0. The Kier molecular flexibility index (Phi) is 5.74. The molecule has 0 aliphatic heterocycles. The molecule has 1 aliphatic carbocycles. The SMILES string of the molecule is Cl.N[C@@H](c1cc([N+](=O)[O-])ccc1O)[C@H](O)C1CCCC1. The average Bonchev–Trinajstić information content (AvgIpc) is 2.91. The fourth-order valence-electron chi connectivity index (χ4n) is 2.70. The number of hydrogen-bond acceptors (Lipinski definition) is 5. The molecular weight excluding hydrogens is 284 g/mol. The maximum absolute atomic E-state index is 10.7. The van der Waals surface area contributed by atoms with Crippen LogP contribution in [0.4, 0.5) is 5.69 Å². The summed E-state index contributed by atoms with van der Waals surface area (Å²) in [6.45, 7) is 0. The zero-order valence-electron chi connectivity index (χ0n) is 10.9. The van der Waals surface area contributed by atoms with Crippen LogP contribution >= 0.6 is 12.4 Å². The van der Waals surface area contributed by atoms with E-state index in [1.54, 1.807) is 0 Å². The van der Waals surface area contributed by atoms with Crippen molar-refractivity contribution in [3.8, 4) is 5.75 Å². The molecule has 112 valence electrons. The monoisotopic (exact) mass is 302 g/mol. The lowest BCUT2D eigenvalue weighted by atomic mass is 9.90. The van der Waals surface area contributed by atoms with E-state index in [2.05, 4.69) is 0 Å². The zero-order valence-corrected chi connectivity index (χ0v) is 11.8. The van der Waals surface area contributed by atoms with E-state index < -0.39 is 17.1 Å². The number of nitrogens with two attached hydrogens (primary N) is 1. The molecule has 1 aromatic carbocycles. The van der Waals surface area contributed by atoms with Crippen molar-refractivity contribution in [1.29, 1.82) is 0 Å². The molecule has 0 aromatic heterocycles. The van der Waals surface area contributed by atoms with Crippen molar-refractivity contribution >= 4 is 18.1 Å². The van der Waals surface area contributed by atoms with E-state index >= 15 is 0 Å². The minimum atomic E-state index is -0.803. The van der Waals surface area contributed by atoms with Crippen LogP contribution in [0.25, 0.3) is 0 Å². The molecule has 4 N–H and O–H groups in total. The van der Waals surface area contributed by atoms with Crippen molar-refractivity contribution in [1.82, 2.24) is 0 Å². The number of non-ortho nitro benzene ring substituents is 1. The lowest BCUT2D eigenvalue weighted by molar-refractivity contribution is -0.385. The number of nitro benzene ring substituents is 1. The molecule has 0 radical (unpaired) electrons. The quantitative estimate of drug-likeness (QED) is 0.584. The molecule has 1 aliphatic rings. The van der Waals surface area contributed by atoms with Gasteiger partial charge in [-0.15, -0.1) is 12.4 Å². The smallest absolute Gasteiger partial charge is 0.270 e. The van der Waals surface area contributed by atoms with Gasteiger partial charge in [-0.3, -0.25) is 10.1 Å². The number of nitro groups is 1. The maximum atomic E-state index is 10.7. The molecule has 7 heteroatoms. The van der Waals surface area contributed by atoms with E-state index in [0.717, 1.165) is 25.7 Å². The first-order chi connectivity index (χ1) is 9.00. The molecule has 20 heavy (non-hydrogen) atoms. The highest BCUT2D eigenvalue weighted by molar-refractivity contribution is 5.85. The summed E-state index contributed by atoms with van der Waals surface area (Å²) in [6.07, 6.45) is 3.16. The number of phenols is 1. The summed E-state index contributed by atoms with van der Waals surface area (Å²) in [5.74, 6) is -0.0104. The normalized spacial score (nSPS) is 18.3. The topological polar surface area (TPSA) is 110 Å². The minimum absolute atomic E-state index is 0. The molecule has 0 spiro atoms. The van der Waals surface area contributed by atoms with E-state index in [9.17, 15) is 20.3 Å². The highest BCUT2D eigenvalue weighted by Crippen LogP contribution is 2.36.